The Morgan fingerprint density at radius 3 is 2.53 bits per heavy atom. The summed E-state index contributed by atoms with van der Waals surface area (Å²) in [6.45, 7) is 1.70. The molecule has 0 saturated heterocycles. The third kappa shape index (κ3) is 3.05. The van der Waals surface area contributed by atoms with Crippen LogP contribution in [0.5, 0.6) is 0 Å². The minimum atomic E-state index is -4.47. The van der Waals surface area contributed by atoms with Crippen molar-refractivity contribution in [2.24, 2.45) is 5.73 Å². The van der Waals surface area contributed by atoms with Gasteiger partial charge in [-0.25, -0.2) is 4.68 Å². The quantitative estimate of drug-likeness (QED) is 0.925. The van der Waals surface area contributed by atoms with E-state index in [1.165, 1.54) is 16.9 Å². The predicted octanol–water partition coefficient (Wildman–Crippen LogP) is 2.96. The fourth-order valence-electron chi connectivity index (χ4n) is 1.48. The highest BCUT2D eigenvalue weighted by molar-refractivity contribution is 6.30. The number of halogens is 4. The number of hydrogen-bond donors (Lipinski definition) is 1. The van der Waals surface area contributed by atoms with Crippen LogP contribution in [0.1, 0.15) is 24.2 Å². The minimum Gasteiger partial charge on any atom is -0.323 e. The second-order valence-electron chi connectivity index (χ2n) is 4.07. The zero-order valence-corrected chi connectivity index (χ0v) is 10.6. The molecule has 1 heterocycles. The third-order valence-electron chi connectivity index (χ3n) is 2.45. The first-order valence-corrected chi connectivity index (χ1v) is 5.71. The van der Waals surface area contributed by atoms with Crippen LogP contribution in [0.2, 0.25) is 5.02 Å². The fraction of sp³-hybridized carbons (Fsp3) is 0.273. The predicted molar refractivity (Wildman–Crippen MR) is 64.0 cm³/mol. The van der Waals surface area contributed by atoms with Gasteiger partial charge in [-0.15, -0.1) is 5.10 Å². The Bertz CT molecular complexity index is 592. The fourth-order valence-corrected chi connectivity index (χ4v) is 1.71. The Hall–Kier alpha value is -1.60. The van der Waals surface area contributed by atoms with Crippen molar-refractivity contribution < 1.29 is 13.2 Å². The highest BCUT2D eigenvalue weighted by atomic mass is 35.5. The molecule has 0 bridgehead atoms. The number of alkyl halides is 3. The average Bonchev–Trinajstić information content (AvgIpc) is 2.76. The smallest absolute Gasteiger partial charge is 0.323 e. The molecule has 4 nitrogen and oxygen atoms in total. The molecule has 0 saturated carbocycles. The highest BCUT2D eigenvalue weighted by Gasteiger charge is 2.31. The van der Waals surface area contributed by atoms with Crippen LogP contribution in [-0.2, 0) is 6.18 Å². The molecule has 2 N–H and O–H groups in total. The van der Waals surface area contributed by atoms with E-state index in [9.17, 15) is 13.2 Å². The molecule has 1 aromatic heterocycles. The molecule has 0 fully saturated rings. The maximum absolute atomic E-state index is 12.7. The van der Waals surface area contributed by atoms with Gasteiger partial charge in [0.25, 0.3) is 0 Å². The van der Waals surface area contributed by atoms with Crippen molar-refractivity contribution in [2.45, 2.75) is 19.1 Å². The van der Waals surface area contributed by atoms with E-state index >= 15 is 0 Å². The van der Waals surface area contributed by atoms with E-state index in [1.807, 2.05) is 0 Å². The summed E-state index contributed by atoms with van der Waals surface area (Å²) in [7, 11) is 0. The Morgan fingerprint density at radius 2 is 2.00 bits per heavy atom. The molecule has 0 aliphatic rings. The van der Waals surface area contributed by atoms with Gasteiger partial charge in [0.1, 0.15) is 0 Å². The third-order valence-corrected chi connectivity index (χ3v) is 2.67. The van der Waals surface area contributed by atoms with Gasteiger partial charge in [-0.05, 0) is 25.1 Å². The molecule has 1 atom stereocenters. The lowest BCUT2D eigenvalue weighted by atomic mass is 10.2. The van der Waals surface area contributed by atoms with Crippen molar-refractivity contribution in [3.63, 3.8) is 0 Å². The van der Waals surface area contributed by atoms with E-state index in [4.69, 9.17) is 17.3 Å². The van der Waals surface area contributed by atoms with Crippen LogP contribution in [0.25, 0.3) is 5.69 Å². The molecule has 19 heavy (non-hydrogen) atoms. The van der Waals surface area contributed by atoms with E-state index < -0.39 is 11.7 Å². The Kier molecular flexibility index (Phi) is 3.51. The van der Waals surface area contributed by atoms with Gasteiger partial charge in [-0.3, -0.25) is 0 Å². The molecule has 0 spiro atoms. The van der Waals surface area contributed by atoms with Gasteiger partial charge >= 0.3 is 6.18 Å². The van der Waals surface area contributed by atoms with Gasteiger partial charge in [-0.2, -0.15) is 13.2 Å². The zero-order valence-electron chi connectivity index (χ0n) is 9.82. The van der Waals surface area contributed by atoms with Gasteiger partial charge in [0, 0.05) is 11.1 Å². The van der Waals surface area contributed by atoms with Crippen molar-refractivity contribution in [1.82, 2.24) is 15.0 Å². The normalized spacial score (nSPS) is 13.6. The average molecular weight is 291 g/mol. The molecule has 0 aliphatic heterocycles. The summed E-state index contributed by atoms with van der Waals surface area (Å²) >= 11 is 5.69. The standard InChI is InChI=1S/C11H10ClF3N4/c1-6(16)10-5-19(18-17-10)9-3-7(11(13,14)15)2-8(12)4-9/h2-6H,16H2,1H3. The monoisotopic (exact) mass is 290 g/mol. The Labute approximate surface area is 112 Å². The topological polar surface area (TPSA) is 56.7 Å². The summed E-state index contributed by atoms with van der Waals surface area (Å²) in [5.74, 6) is 0. The zero-order chi connectivity index (χ0) is 14.2. The lowest BCUT2D eigenvalue weighted by Gasteiger charge is -2.09. The first kappa shape index (κ1) is 13.8. The molecule has 0 aliphatic carbocycles. The highest BCUT2D eigenvalue weighted by Crippen LogP contribution is 2.32. The number of benzene rings is 1. The SMILES string of the molecule is CC(N)c1cn(-c2cc(Cl)cc(C(F)(F)F)c2)nn1. The Morgan fingerprint density at radius 1 is 1.32 bits per heavy atom. The van der Waals surface area contributed by atoms with Gasteiger partial charge < -0.3 is 5.73 Å². The largest absolute Gasteiger partial charge is 0.416 e. The van der Waals surface area contributed by atoms with E-state index in [0.29, 0.717) is 5.69 Å². The lowest BCUT2D eigenvalue weighted by molar-refractivity contribution is -0.137. The van der Waals surface area contributed by atoms with E-state index in [-0.39, 0.29) is 16.8 Å². The van der Waals surface area contributed by atoms with Crippen LogP contribution >= 0.6 is 11.6 Å². The first-order valence-electron chi connectivity index (χ1n) is 5.33. The van der Waals surface area contributed by atoms with Gasteiger partial charge in [-0.1, -0.05) is 16.8 Å². The Balaban J connectivity index is 2.47. The van der Waals surface area contributed by atoms with Crippen LogP contribution in [0.4, 0.5) is 13.2 Å². The summed E-state index contributed by atoms with van der Waals surface area (Å²) < 4.78 is 39.2. The number of nitrogens with zero attached hydrogens (tertiary/aromatic N) is 3. The molecule has 8 heteroatoms. The minimum absolute atomic E-state index is 0.0253. The second kappa shape index (κ2) is 4.82. The summed E-state index contributed by atoms with van der Waals surface area (Å²) in [6.07, 6.45) is -3.00. The van der Waals surface area contributed by atoms with Crippen molar-refractivity contribution in [3.8, 4) is 5.69 Å². The molecule has 1 unspecified atom stereocenters. The van der Waals surface area contributed by atoms with E-state index in [1.54, 1.807) is 6.92 Å². The molecule has 2 rings (SSSR count). The van der Waals surface area contributed by atoms with Crippen molar-refractivity contribution >= 4 is 11.6 Å². The van der Waals surface area contributed by atoms with Crippen molar-refractivity contribution in [2.75, 3.05) is 0 Å². The maximum atomic E-state index is 12.7. The number of hydrogen-bond acceptors (Lipinski definition) is 3. The second-order valence-corrected chi connectivity index (χ2v) is 4.51. The maximum Gasteiger partial charge on any atom is 0.416 e. The summed E-state index contributed by atoms with van der Waals surface area (Å²) in [4.78, 5) is 0. The van der Waals surface area contributed by atoms with Crippen molar-refractivity contribution in [1.29, 1.82) is 0 Å². The molecule has 1 aromatic carbocycles. The molecule has 102 valence electrons. The van der Waals surface area contributed by atoms with E-state index in [0.717, 1.165) is 12.1 Å². The first-order chi connectivity index (χ1) is 8.77. The molecule has 2 aromatic rings. The van der Waals surface area contributed by atoms with E-state index in [2.05, 4.69) is 10.3 Å². The number of nitrogens with two attached hydrogens (primary N) is 1. The van der Waals surface area contributed by atoms with Gasteiger partial charge in [0.05, 0.1) is 23.1 Å². The van der Waals surface area contributed by atoms with Crippen LogP contribution in [0.15, 0.2) is 24.4 Å². The summed E-state index contributed by atoms with van der Waals surface area (Å²) in [6, 6.07) is 2.83. The molecule has 0 radical (unpaired) electrons. The number of rotatable bonds is 2. The lowest BCUT2D eigenvalue weighted by Crippen LogP contribution is -2.07. The van der Waals surface area contributed by atoms with Gasteiger partial charge in [0.15, 0.2) is 0 Å². The van der Waals surface area contributed by atoms with Crippen LogP contribution < -0.4 is 5.73 Å². The van der Waals surface area contributed by atoms with Crippen LogP contribution in [-0.4, -0.2) is 15.0 Å². The molecule has 0 amide bonds. The number of aromatic nitrogens is 3. The van der Waals surface area contributed by atoms with Gasteiger partial charge in [0.2, 0.25) is 0 Å². The van der Waals surface area contributed by atoms with Crippen LogP contribution in [0.3, 0.4) is 0 Å². The molecular weight excluding hydrogens is 281 g/mol. The van der Waals surface area contributed by atoms with Crippen molar-refractivity contribution in [3.05, 3.63) is 40.7 Å². The molecular formula is C11H10ClF3N4. The summed E-state index contributed by atoms with van der Waals surface area (Å²) in [5, 5.41) is 7.48. The van der Waals surface area contributed by atoms with Crippen LogP contribution in [0, 0.1) is 0 Å². The summed E-state index contributed by atoms with van der Waals surface area (Å²) in [5.41, 5.74) is 5.43.